The molecule has 5 heteroatoms. The van der Waals surface area contributed by atoms with E-state index >= 15 is 0 Å². The van der Waals surface area contributed by atoms with E-state index in [0.29, 0.717) is 0 Å². The maximum atomic E-state index is 4.63. The highest BCUT2D eigenvalue weighted by atomic mass is 32.1. The first-order valence-electron chi connectivity index (χ1n) is 5.69. The van der Waals surface area contributed by atoms with Crippen molar-refractivity contribution < 1.29 is 0 Å². The van der Waals surface area contributed by atoms with Gasteiger partial charge in [-0.1, -0.05) is 20.8 Å². The molecule has 2 aromatic rings. The third-order valence-corrected chi connectivity index (χ3v) is 3.29. The van der Waals surface area contributed by atoms with Crippen LogP contribution >= 0.6 is 11.3 Å². The number of hydrogen-bond donors (Lipinski definition) is 2. The first-order chi connectivity index (χ1) is 8.05. The summed E-state index contributed by atoms with van der Waals surface area (Å²) in [5.74, 6) is 0.956. The van der Waals surface area contributed by atoms with Gasteiger partial charge >= 0.3 is 0 Å². The van der Waals surface area contributed by atoms with Crippen molar-refractivity contribution in [1.82, 2.24) is 20.3 Å². The molecular formula is C12H18N4S. The summed E-state index contributed by atoms with van der Waals surface area (Å²) in [5, 5.41) is 6.59. The fraction of sp³-hybridized carbons (Fsp3) is 0.500. The maximum absolute atomic E-state index is 4.63. The number of hydrogen-bond acceptors (Lipinski definition) is 4. The fourth-order valence-electron chi connectivity index (χ4n) is 1.42. The molecule has 4 nitrogen and oxygen atoms in total. The van der Waals surface area contributed by atoms with Crippen molar-refractivity contribution in [1.29, 1.82) is 0 Å². The summed E-state index contributed by atoms with van der Waals surface area (Å²) in [6.45, 7) is 8.09. The molecule has 0 fully saturated rings. The summed E-state index contributed by atoms with van der Waals surface area (Å²) in [7, 11) is 0. The van der Waals surface area contributed by atoms with E-state index in [9.17, 15) is 0 Å². The lowest BCUT2D eigenvalue weighted by Gasteiger charge is -2.14. The van der Waals surface area contributed by atoms with Crippen LogP contribution in [0.2, 0.25) is 0 Å². The number of thiazole rings is 1. The van der Waals surface area contributed by atoms with Gasteiger partial charge in [0.2, 0.25) is 0 Å². The van der Waals surface area contributed by atoms with E-state index in [1.807, 2.05) is 6.20 Å². The number of nitrogens with one attached hydrogen (secondary N) is 2. The zero-order valence-electron chi connectivity index (χ0n) is 10.4. The normalized spacial score (nSPS) is 11.9. The predicted molar refractivity (Wildman–Crippen MR) is 69.9 cm³/mol. The average Bonchev–Trinajstić information content (AvgIpc) is 2.86. The van der Waals surface area contributed by atoms with Crippen LogP contribution in [0.5, 0.6) is 0 Å². The summed E-state index contributed by atoms with van der Waals surface area (Å²) in [6.07, 6.45) is 3.59. The van der Waals surface area contributed by atoms with E-state index < -0.39 is 0 Å². The lowest BCUT2D eigenvalue weighted by atomic mass is 9.93. The van der Waals surface area contributed by atoms with Crippen molar-refractivity contribution in [2.75, 3.05) is 0 Å². The Bertz CT molecular complexity index is 453. The van der Waals surface area contributed by atoms with Crippen LogP contribution in [0.3, 0.4) is 0 Å². The number of imidazole rings is 1. The van der Waals surface area contributed by atoms with Crippen LogP contribution in [0.4, 0.5) is 0 Å². The number of aromatic amines is 1. The van der Waals surface area contributed by atoms with Crippen LogP contribution in [-0.2, 0) is 18.5 Å². The maximum Gasteiger partial charge on any atom is 0.120 e. The molecule has 2 heterocycles. The van der Waals surface area contributed by atoms with Crippen molar-refractivity contribution in [3.8, 4) is 0 Å². The molecule has 0 aliphatic carbocycles. The number of aromatic nitrogens is 3. The topological polar surface area (TPSA) is 53.6 Å². The van der Waals surface area contributed by atoms with E-state index in [-0.39, 0.29) is 5.41 Å². The minimum Gasteiger partial charge on any atom is -0.348 e. The lowest BCUT2D eigenvalue weighted by molar-refractivity contribution is 0.567. The van der Waals surface area contributed by atoms with Gasteiger partial charge in [0.05, 0.1) is 12.2 Å². The smallest absolute Gasteiger partial charge is 0.120 e. The molecule has 0 aliphatic heterocycles. The molecular weight excluding hydrogens is 232 g/mol. The molecule has 0 atom stereocenters. The van der Waals surface area contributed by atoms with Crippen molar-refractivity contribution >= 4 is 11.3 Å². The Labute approximate surface area is 106 Å². The summed E-state index contributed by atoms with van der Waals surface area (Å²) in [4.78, 5) is 11.8. The Morgan fingerprint density at radius 2 is 2.18 bits per heavy atom. The van der Waals surface area contributed by atoms with Gasteiger partial charge in [0, 0.05) is 29.7 Å². The van der Waals surface area contributed by atoms with E-state index in [4.69, 9.17) is 0 Å². The van der Waals surface area contributed by atoms with E-state index in [2.05, 4.69) is 46.4 Å². The molecule has 0 saturated carbocycles. The molecule has 0 bridgehead atoms. The third-order valence-electron chi connectivity index (χ3n) is 2.44. The molecule has 2 N–H and O–H groups in total. The van der Waals surface area contributed by atoms with Gasteiger partial charge in [0.1, 0.15) is 10.8 Å². The molecule has 2 aromatic heterocycles. The van der Waals surface area contributed by atoms with Gasteiger partial charge in [0.15, 0.2) is 0 Å². The van der Waals surface area contributed by atoms with E-state index in [1.165, 1.54) is 0 Å². The van der Waals surface area contributed by atoms with Crippen LogP contribution in [0.25, 0.3) is 0 Å². The first-order valence-corrected chi connectivity index (χ1v) is 6.57. The quantitative estimate of drug-likeness (QED) is 0.876. The number of nitrogens with zero attached hydrogens (tertiary/aromatic N) is 2. The summed E-state index contributed by atoms with van der Waals surface area (Å²) in [6, 6.07) is 0. The molecule has 0 saturated heterocycles. The molecule has 0 aliphatic rings. The lowest BCUT2D eigenvalue weighted by Crippen LogP contribution is -2.15. The molecule has 92 valence electrons. The standard InChI is InChI=1S/C12H18N4S/c1-12(2,3)9-8-17-11(16-9)7-13-6-10-14-4-5-15-10/h4-5,8,13H,6-7H2,1-3H3,(H,14,15). The fourth-order valence-corrected chi connectivity index (χ4v) is 2.41. The van der Waals surface area contributed by atoms with E-state index in [1.54, 1.807) is 17.5 Å². The van der Waals surface area contributed by atoms with Crippen molar-refractivity contribution in [2.45, 2.75) is 39.3 Å². The predicted octanol–water partition coefficient (Wildman–Crippen LogP) is 2.45. The molecule has 17 heavy (non-hydrogen) atoms. The minimum absolute atomic E-state index is 0.135. The molecule has 0 unspecified atom stereocenters. The van der Waals surface area contributed by atoms with E-state index in [0.717, 1.165) is 29.6 Å². The second-order valence-electron chi connectivity index (χ2n) is 5.02. The van der Waals surface area contributed by atoms with Crippen molar-refractivity contribution in [3.05, 3.63) is 34.3 Å². The van der Waals surface area contributed by atoms with Crippen LogP contribution in [0, 0.1) is 0 Å². The highest BCUT2D eigenvalue weighted by Gasteiger charge is 2.17. The molecule has 0 radical (unpaired) electrons. The molecule has 0 amide bonds. The molecule has 2 rings (SSSR count). The van der Waals surface area contributed by atoms with Gasteiger partial charge in [-0.25, -0.2) is 9.97 Å². The van der Waals surface area contributed by atoms with Gasteiger partial charge in [-0.05, 0) is 0 Å². The van der Waals surface area contributed by atoms with Gasteiger partial charge in [-0.15, -0.1) is 11.3 Å². The zero-order chi connectivity index (χ0) is 12.3. The van der Waals surface area contributed by atoms with Gasteiger partial charge in [-0.2, -0.15) is 0 Å². The molecule has 0 aromatic carbocycles. The highest BCUT2D eigenvalue weighted by Crippen LogP contribution is 2.23. The Morgan fingerprint density at radius 3 is 2.76 bits per heavy atom. The van der Waals surface area contributed by atoms with Gasteiger partial charge in [0.25, 0.3) is 0 Å². The van der Waals surface area contributed by atoms with Crippen LogP contribution in [0.15, 0.2) is 17.8 Å². The Balaban J connectivity index is 1.85. The number of rotatable bonds is 4. The summed E-state index contributed by atoms with van der Waals surface area (Å²) < 4.78 is 0. The van der Waals surface area contributed by atoms with Crippen molar-refractivity contribution in [3.63, 3.8) is 0 Å². The van der Waals surface area contributed by atoms with Gasteiger partial charge < -0.3 is 10.3 Å². The van der Waals surface area contributed by atoms with Crippen LogP contribution < -0.4 is 5.32 Å². The second kappa shape index (κ2) is 4.98. The highest BCUT2D eigenvalue weighted by molar-refractivity contribution is 7.09. The summed E-state index contributed by atoms with van der Waals surface area (Å²) in [5.41, 5.74) is 1.30. The zero-order valence-corrected chi connectivity index (χ0v) is 11.3. The van der Waals surface area contributed by atoms with Crippen molar-refractivity contribution in [2.24, 2.45) is 0 Å². The molecule has 0 spiro atoms. The largest absolute Gasteiger partial charge is 0.348 e. The average molecular weight is 250 g/mol. The van der Waals surface area contributed by atoms with Gasteiger partial charge in [-0.3, -0.25) is 0 Å². The van der Waals surface area contributed by atoms with Crippen LogP contribution in [0.1, 0.15) is 37.3 Å². The second-order valence-corrected chi connectivity index (χ2v) is 5.96. The third kappa shape index (κ3) is 3.38. The monoisotopic (exact) mass is 250 g/mol. The minimum atomic E-state index is 0.135. The number of H-pyrrole nitrogens is 1. The Morgan fingerprint density at radius 1 is 1.35 bits per heavy atom. The Kier molecular flexibility index (Phi) is 3.59. The Hall–Kier alpha value is -1.20. The summed E-state index contributed by atoms with van der Waals surface area (Å²) >= 11 is 1.71. The SMILES string of the molecule is CC(C)(C)c1csc(CNCc2ncc[nH]2)n1. The first kappa shape index (κ1) is 12.3. The van der Waals surface area contributed by atoms with Crippen LogP contribution in [-0.4, -0.2) is 15.0 Å².